The lowest BCUT2D eigenvalue weighted by atomic mass is 9.97. The second kappa shape index (κ2) is 6.45. The highest BCUT2D eigenvalue weighted by atomic mass is 16.4. The molecule has 0 radical (unpaired) electrons. The van der Waals surface area contributed by atoms with Crippen molar-refractivity contribution in [2.75, 3.05) is 6.61 Å². The highest BCUT2D eigenvalue weighted by Crippen LogP contribution is 2.11. The predicted molar refractivity (Wildman–Crippen MR) is 71.1 cm³/mol. The van der Waals surface area contributed by atoms with E-state index in [1.807, 2.05) is 0 Å². The van der Waals surface area contributed by atoms with Gasteiger partial charge < -0.3 is 10.2 Å². The van der Waals surface area contributed by atoms with Crippen molar-refractivity contribution in [1.29, 1.82) is 0 Å². The Balaban J connectivity index is 2.91. The summed E-state index contributed by atoms with van der Waals surface area (Å²) in [5, 5.41) is 21.0. The smallest absolute Gasteiger partial charge is 0.305 e. The van der Waals surface area contributed by atoms with Crippen LogP contribution in [0.25, 0.3) is 0 Å². The van der Waals surface area contributed by atoms with E-state index < -0.39 is 17.6 Å². The van der Waals surface area contributed by atoms with Gasteiger partial charge in [-0.05, 0) is 13.8 Å². The molecule has 104 valence electrons. The molecule has 0 spiro atoms. The van der Waals surface area contributed by atoms with E-state index in [0.29, 0.717) is 5.56 Å². The first-order valence-corrected chi connectivity index (χ1v) is 6.05. The number of carboxylic acid groups (broad SMARTS) is 1. The van der Waals surface area contributed by atoms with Crippen LogP contribution in [0.5, 0.6) is 0 Å². The minimum absolute atomic E-state index is 0.189. The van der Waals surface area contributed by atoms with Gasteiger partial charge in [-0.3, -0.25) is 14.9 Å². The molecule has 0 heterocycles. The molecule has 0 saturated heterocycles. The van der Waals surface area contributed by atoms with Crippen LogP contribution in [-0.4, -0.2) is 40.2 Å². The Hall–Kier alpha value is -1.72. The normalized spacial score (nSPS) is 13.0. The second-order valence-corrected chi connectivity index (χ2v) is 5.07. The zero-order chi connectivity index (χ0) is 14.5. The molecule has 5 nitrogen and oxygen atoms in total. The summed E-state index contributed by atoms with van der Waals surface area (Å²) in [6.45, 7) is 3.23. The zero-order valence-electron chi connectivity index (χ0n) is 11.1. The molecule has 1 aromatic rings. The predicted octanol–water partition coefficient (Wildman–Crippen LogP) is 1.07. The van der Waals surface area contributed by atoms with Crippen molar-refractivity contribution in [1.82, 2.24) is 5.32 Å². The monoisotopic (exact) mass is 265 g/mol. The Morgan fingerprint density at radius 3 is 2.32 bits per heavy atom. The third-order valence-corrected chi connectivity index (χ3v) is 2.71. The van der Waals surface area contributed by atoms with Gasteiger partial charge in [0.2, 0.25) is 0 Å². The number of carboxylic acids is 1. The number of nitrogens with one attached hydrogen (secondary N) is 1. The van der Waals surface area contributed by atoms with E-state index in [1.165, 1.54) is 0 Å². The number of rotatable bonds is 7. The Labute approximate surface area is 112 Å². The van der Waals surface area contributed by atoms with Gasteiger partial charge >= 0.3 is 5.97 Å². The minimum atomic E-state index is -1.06. The van der Waals surface area contributed by atoms with E-state index in [2.05, 4.69) is 5.32 Å². The van der Waals surface area contributed by atoms with Crippen LogP contribution in [0.3, 0.4) is 0 Å². The Morgan fingerprint density at radius 2 is 1.84 bits per heavy atom. The van der Waals surface area contributed by atoms with Gasteiger partial charge in [0.1, 0.15) is 0 Å². The summed E-state index contributed by atoms with van der Waals surface area (Å²) in [7, 11) is 0. The molecule has 1 atom stereocenters. The van der Waals surface area contributed by atoms with Gasteiger partial charge in [0.05, 0.1) is 19.1 Å². The number of hydrogen-bond donors (Lipinski definition) is 3. The maximum Gasteiger partial charge on any atom is 0.305 e. The molecule has 1 aromatic carbocycles. The van der Waals surface area contributed by atoms with E-state index in [4.69, 9.17) is 5.11 Å². The van der Waals surface area contributed by atoms with Gasteiger partial charge in [-0.2, -0.15) is 0 Å². The molecule has 0 fully saturated rings. The Morgan fingerprint density at radius 1 is 1.26 bits per heavy atom. The van der Waals surface area contributed by atoms with Gasteiger partial charge in [-0.25, -0.2) is 0 Å². The number of aliphatic hydroxyl groups excluding tert-OH is 1. The molecular weight excluding hydrogens is 246 g/mol. The third kappa shape index (κ3) is 4.81. The van der Waals surface area contributed by atoms with Crippen molar-refractivity contribution in [3.8, 4) is 0 Å². The van der Waals surface area contributed by atoms with Crippen LogP contribution in [0.2, 0.25) is 0 Å². The molecule has 1 rings (SSSR count). The number of Topliss-reactive ketones (excluding diaryl/α,β-unsaturated/α-hetero) is 1. The summed E-state index contributed by atoms with van der Waals surface area (Å²) in [4.78, 5) is 23.1. The fourth-order valence-electron chi connectivity index (χ4n) is 1.70. The van der Waals surface area contributed by atoms with Crippen molar-refractivity contribution in [3.05, 3.63) is 35.9 Å². The first-order chi connectivity index (χ1) is 8.85. The number of carbonyl (C=O) groups excluding carboxylic acids is 1. The molecule has 0 aliphatic rings. The van der Waals surface area contributed by atoms with E-state index in [1.54, 1.807) is 44.2 Å². The molecule has 0 bridgehead atoms. The topological polar surface area (TPSA) is 86.6 Å². The van der Waals surface area contributed by atoms with Gasteiger partial charge in [-0.15, -0.1) is 0 Å². The average Bonchev–Trinajstić information content (AvgIpc) is 2.37. The van der Waals surface area contributed by atoms with E-state index in [9.17, 15) is 14.7 Å². The van der Waals surface area contributed by atoms with Crippen molar-refractivity contribution in [2.45, 2.75) is 31.8 Å². The molecule has 0 aliphatic heterocycles. The molecule has 1 unspecified atom stereocenters. The van der Waals surface area contributed by atoms with E-state index >= 15 is 0 Å². The largest absolute Gasteiger partial charge is 0.481 e. The van der Waals surface area contributed by atoms with Crippen molar-refractivity contribution >= 4 is 11.8 Å². The maximum atomic E-state index is 12.3. The SMILES string of the molecule is CC(C)(CO)NC(CC(=O)O)C(=O)c1ccccc1. The summed E-state index contributed by atoms with van der Waals surface area (Å²) in [6, 6.07) is 7.66. The van der Waals surface area contributed by atoms with E-state index in [0.717, 1.165) is 0 Å². The third-order valence-electron chi connectivity index (χ3n) is 2.71. The first kappa shape index (κ1) is 15.3. The van der Waals surface area contributed by atoms with Crippen molar-refractivity contribution in [2.24, 2.45) is 0 Å². The zero-order valence-corrected chi connectivity index (χ0v) is 11.1. The lowest BCUT2D eigenvalue weighted by Gasteiger charge is -2.28. The van der Waals surface area contributed by atoms with Crippen LogP contribution in [0, 0.1) is 0 Å². The number of carbonyl (C=O) groups is 2. The standard InChI is InChI=1S/C14H19NO4/c1-14(2,9-16)15-11(8-12(17)18)13(19)10-6-4-3-5-7-10/h3-7,11,15-16H,8-9H2,1-2H3,(H,17,18). The number of benzene rings is 1. The highest BCUT2D eigenvalue weighted by molar-refractivity contribution is 6.01. The molecule has 3 N–H and O–H groups in total. The number of aliphatic hydroxyl groups is 1. The van der Waals surface area contributed by atoms with Crippen molar-refractivity contribution in [3.63, 3.8) is 0 Å². The Kier molecular flexibility index (Phi) is 5.20. The summed E-state index contributed by atoms with van der Waals surface area (Å²) < 4.78 is 0. The molecule has 0 aliphatic carbocycles. The molecule has 5 heteroatoms. The number of ketones is 1. The molecule has 19 heavy (non-hydrogen) atoms. The van der Waals surface area contributed by atoms with Crippen molar-refractivity contribution < 1.29 is 19.8 Å². The van der Waals surface area contributed by atoms with Crippen LogP contribution in [-0.2, 0) is 4.79 Å². The highest BCUT2D eigenvalue weighted by Gasteiger charge is 2.28. The second-order valence-electron chi connectivity index (χ2n) is 5.07. The van der Waals surface area contributed by atoms with Crippen LogP contribution in [0.15, 0.2) is 30.3 Å². The van der Waals surface area contributed by atoms with Gasteiger partial charge in [0.15, 0.2) is 5.78 Å². The molecular formula is C14H19NO4. The Bertz CT molecular complexity index is 442. The van der Waals surface area contributed by atoms with Crippen LogP contribution in [0.1, 0.15) is 30.6 Å². The van der Waals surface area contributed by atoms with Gasteiger partial charge in [0.25, 0.3) is 0 Å². The summed E-state index contributed by atoms with van der Waals surface area (Å²) in [5.41, 5.74) is -0.264. The molecule has 0 saturated carbocycles. The molecule has 0 amide bonds. The van der Waals surface area contributed by atoms with Crippen LogP contribution >= 0.6 is 0 Å². The van der Waals surface area contributed by atoms with Crippen LogP contribution < -0.4 is 5.32 Å². The molecule has 0 aromatic heterocycles. The minimum Gasteiger partial charge on any atom is -0.481 e. The average molecular weight is 265 g/mol. The van der Waals surface area contributed by atoms with Gasteiger partial charge in [-0.1, -0.05) is 30.3 Å². The lowest BCUT2D eigenvalue weighted by Crippen LogP contribution is -2.52. The van der Waals surface area contributed by atoms with Crippen LogP contribution in [0.4, 0.5) is 0 Å². The quantitative estimate of drug-likeness (QED) is 0.642. The maximum absolute atomic E-state index is 12.3. The fourth-order valence-corrected chi connectivity index (χ4v) is 1.70. The summed E-state index contributed by atoms with van der Waals surface area (Å²) in [6.07, 6.45) is -0.322. The van der Waals surface area contributed by atoms with E-state index in [-0.39, 0.29) is 18.8 Å². The first-order valence-electron chi connectivity index (χ1n) is 6.05. The van der Waals surface area contributed by atoms with Gasteiger partial charge in [0, 0.05) is 11.1 Å². The number of hydrogen-bond acceptors (Lipinski definition) is 4. The lowest BCUT2D eigenvalue weighted by molar-refractivity contribution is -0.137. The fraction of sp³-hybridized carbons (Fsp3) is 0.429. The summed E-state index contributed by atoms with van der Waals surface area (Å²) in [5.74, 6) is -1.35. The summed E-state index contributed by atoms with van der Waals surface area (Å²) >= 11 is 0. The number of aliphatic carboxylic acids is 1.